The summed E-state index contributed by atoms with van der Waals surface area (Å²) in [6, 6.07) is 24.7. The van der Waals surface area contributed by atoms with Crippen LogP contribution in [0.5, 0.6) is 0 Å². The molecule has 1 fully saturated rings. The van der Waals surface area contributed by atoms with Crippen molar-refractivity contribution >= 4 is 27.7 Å². The number of rotatable bonds is 5. The molecule has 2 heterocycles. The average Bonchev–Trinajstić information content (AvgIpc) is 2.79. The number of nitrogens with zero attached hydrogens (tertiary/aromatic N) is 3. The van der Waals surface area contributed by atoms with Crippen LogP contribution < -0.4 is 4.90 Å². The van der Waals surface area contributed by atoms with Crippen molar-refractivity contribution in [3.8, 4) is 0 Å². The van der Waals surface area contributed by atoms with Crippen molar-refractivity contribution in [3.63, 3.8) is 0 Å². The zero-order valence-corrected chi connectivity index (χ0v) is 17.8. The highest BCUT2D eigenvalue weighted by Gasteiger charge is 2.25. The van der Waals surface area contributed by atoms with E-state index in [0.29, 0.717) is 6.42 Å². The van der Waals surface area contributed by atoms with E-state index in [4.69, 9.17) is 0 Å². The fraction of sp³-hybridized carbons (Fsp3) is 0.250. The number of hydrogen-bond donors (Lipinski definition) is 0. The molecule has 148 valence electrons. The molecule has 0 unspecified atom stereocenters. The average molecular weight is 450 g/mol. The molecule has 0 saturated carbocycles. The van der Waals surface area contributed by atoms with Crippen LogP contribution >= 0.6 is 15.9 Å². The van der Waals surface area contributed by atoms with Gasteiger partial charge >= 0.3 is 0 Å². The predicted octanol–water partition coefficient (Wildman–Crippen LogP) is 4.71. The number of halogens is 1. The standard InChI is InChI=1S/C24H24BrN3O/c25-21-11-12-23(26-18-21)27-13-15-28(16-14-27)24(29)17-22(19-7-3-1-4-8-19)20-9-5-2-6-10-20/h1-12,18,22H,13-17H2. The van der Waals surface area contributed by atoms with Gasteiger partial charge in [-0.25, -0.2) is 4.98 Å². The number of carbonyl (C=O) groups is 1. The van der Waals surface area contributed by atoms with Crippen LogP contribution in [0.25, 0.3) is 0 Å². The van der Waals surface area contributed by atoms with Gasteiger partial charge in [-0.15, -0.1) is 0 Å². The Morgan fingerprint density at radius 1 is 0.862 bits per heavy atom. The lowest BCUT2D eigenvalue weighted by Gasteiger charge is -2.36. The second-order valence-electron chi connectivity index (χ2n) is 7.28. The van der Waals surface area contributed by atoms with Gasteiger partial charge in [0.05, 0.1) is 0 Å². The fourth-order valence-electron chi connectivity index (χ4n) is 3.84. The van der Waals surface area contributed by atoms with Crippen molar-refractivity contribution in [2.45, 2.75) is 12.3 Å². The highest BCUT2D eigenvalue weighted by molar-refractivity contribution is 9.10. The monoisotopic (exact) mass is 449 g/mol. The van der Waals surface area contributed by atoms with Gasteiger partial charge in [0.15, 0.2) is 0 Å². The molecule has 1 aliphatic heterocycles. The van der Waals surface area contributed by atoms with Gasteiger partial charge in [-0.05, 0) is 39.2 Å². The van der Waals surface area contributed by atoms with E-state index in [1.165, 1.54) is 11.1 Å². The second-order valence-corrected chi connectivity index (χ2v) is 8.20. The highest BCUT2D eigenvalue weighted by Crippen LogP contribution is 2.29. The van der Waals surface area contributed by atoms with Gasteiger partial charge in [-0.1, -0.05) is 60.7 Å². The lowest BCUT2D eigenvalue weighted by atomic mass is 9.88. The van der Waals surface area contributed by atoms with Gasteiger partial charge in [0, 0.05) is 49.2 Å². The van der Waals surface area contributed by atoms with Crippen LogP contribution in [0.1, 0.15) is 23.5 Å². The first-order valence-electron chi connectivity index (χ1n) is 9.95. The lowest BCUT2D eigenvalue weighted by Crippen LogP contribution is -2.49. The molecule has 1 amide bonds. The lowest BCUT2D eigenvalue weighted by molar-refractivity contribution is -0.131. The quantitative estimate of drug-likeness (QED) is 0.565. The Morgan fingerprint density at radius 2 is 1.45 bits per heavy atom. The molecular formula is C24H24BrN3O. The normalized spacial score (nSPS) is 14.3. The van der Waals surface area contributed by atoms with Crippen LogP contribution in [-0.4, -0.2) is 42.0 Å². The van der Waals surface area contributed by atoms with E-state index in [0.717, 1.165) is 36.5 Å². The van der Waals surface area contributed by atoms with E-state index in [1.54, 1.807) is 0 Å². The number of hydrogen-bond acceptors (Lipinski definition) is 3. The minimum atomic E-state index is 0.0797. The van der Waals surface area contributed by atoms with Crippen molar-refractivity contribution in [2.24, 2.45) is 0 Å². The van der Waals surface area contributed by atoms with E-state index in [-0.39, 0.29) is 11.8 Å². The minimum Gasteiger partial charge on any atom is -0.353 e. The molecular weight excluding hydrogens is 426 g/mol. The Balaban J connectivity index is 1.43. The second kappa shape index (κ2) is 9.23. The third kappa shape index (κ3) is 4.85. The molecule has 3 aromatic rings. The molecule has 4 nitrogen and oxygen atoms in total. The zero-order chi connectivity index (χ0) is 20.1. The number of piperazine rings is 1. The molecule has 0 N–H and O–H groups in total. The summed E-state index contributed by atoms with van der Waals surface area (Å²) < 4.78 is 0.975. The van der Waals surface area contributed by atoms with Gasteiger partial charge in [0.25, 0.3) is 0 Å². The molecule has 5 heteroatoms. The van der Waals surface area contributed by atoms with Gasteiger partial charge in [-0.2, -0.15) is 0 Å². The van der Waals surface area contributed by atoms with Crippen LogP contribution in [0.2, 0.25) is 0 Å². The van der Waals surface area contributed by atoms with E-state index in [2.05, 4.69) is 50.1 Å². The predicted molar refractivity (Wildman–Crippen MR) is 120 cm³/mol. The summed E-state index contributed by atoms with van der Waals surface area (Å²) in [5, 5.41) is 0. The number of pyridine rings is 1. The van der Waals surface area contributed by atoms with Gasteiger partial charge < -0.3 is 9.80 Å². The number of anilines is 1. The minimum absolute atomic E-state index is 0.0797. The third-order valence-electron chi connectivity index (χ3n) is 5.45. The first-order chi connectivity index (χ1) is 14.2. The van der Waals surface area contributed by atoms with Crippen molar-refractivity contribution in [3.05, 3.63) is 94.6 Å². The Bertz CT molecular complexity index is 884. The van der Waals surface area contributed by atoms with E-state index in [1.807, 2.05) is 59.6 Å². The number of carbonyl (C=O) groups excluding carboxylic acids is 1. The van der Waals surface area contributed by atoms with E-state index < -0.39 is 0 Å². The van der Waals surface area contributed by atoms with Crippen LogP contribution in [-0.2, 0) is 4.79 Å². The smallest absolute Gasteiger partial charge is 0.223 e. The van der Waals surface area contributed by atoms with Crippen molar-refractivity contribution < 1.29 is 4.79 Å². The zero-order valence-electron chi connectivity index (χ0n) is 16.2. The molecule has 0 spiro atoms. The summed E-state index contributed by atoms with van der Waals surface area (Å²) in [5.41, 5.74) is 2.37. The summed E-state index contributed by atoms with van der Waals surface area (Å²) in [7, 11) is 0. The van der Waals surface area contributed by atoms with Crippen LogP contribution in [0.4, 0.5) is 5.82 Å². The van der Waals surface area contributed by atoms with Crippen LogP contribution in [0.3, 0.4) is 0 Å². The maximum Gasteiger partial charge on any atom is 0.223 e. The maximum atomic E-state index is 13.1. The summed E-state index contributed by atoms with van der Waals surface area (Å²) in [6.07, 6.45) is 2.31. The third-order valence-corrected chi connectivity index (χ3v) is 5.92. The highest BCUT2D eigenvalue weighted by atomic mass is 79.9. The van der Waals surface area contributed by atoms with Crippen LogP contribution in [0.15, 0.2) is 83.5 Å². The number of amides is 1. The summed E-state index contributed by atoms with van der Waals surface area (Å²) >= 11 is 3.43. The fourth-order valence-corrected chi connectivity index (χ4v) is 4.08. The summed E-state index contributed by atoms with van der Waals surface area (Å²) in [5.74, 6) is 1.26. The molecule has 29 heavy (non-hydrogen) atoms. The SMILES string of the molecule is O=C(CC(c1ccccc1)c1ccccc1)N1CCN(c2ccc(Br)cn2)CC1. The topological polar surface area (TPSA) is 36.4 Å². The Kier molecular flexibility index (Phi) is 6.25. The van der Waals surface area contributed by atoms with E-state index >= 15 is 0 Å². The van der Waals surface area contributed by atoms with Crippen molar-refractivity contribution in [1.82, 2.24) is 9.88 Å². The molecule has 2 aromatic carbocycles. The Morgan fingerprint density at radius 3 is 1.97 bits per heavy atom. The van der Waals surface area contributed by atoms with E-state index in [9.17, 15) is 4.79 Å². The Labute approximate surface area is 180 Å². The molecule has 0 radical (unpaired) electrons. The molecule has 0 bridgehead atoms. The summed E-state index contributed by atoms with van der Waals surface area (Å²) in [6.45, 7) is 3.07. The maximum absolute atomic E-state index is 13.1. The molecule has 4 rings (SSSR count). The number of benzene rings is 2. The summed E-state index contributed by atoms with van der Waals surface area (Å²) in [4.78, 5) is 21.8. The van der Waals surface area contributed by atoms with Gasteiger partial charge in [0.2, 0.25) is 5.91 Å². The van der Waals surface area contributed by atoms with Gasteiger partial charge in [0.1, 0.15) is 5.82 Å². The molecule has 0 aliphatic carbocycles. The van der Waals surface area contributed by atoms with Crippen molar-refractivity contribution in [1.29, 1.82) is 0 Å². The first-order valence-corrected chi connectivity index (χ1v) is 10.7. The van der Waals surface area contributed by atoms with Crippen LogP contribution in [0, 0.1) is 0 Å². The molecule has 1 saturated heterocycles. The largest absolute Gasteiger partial charge is 0.353 e. The molecule has 1 aliphatic rings. The van der Waals surface area contributed by atoms with Gasteiger partial charge in [-0.3, -0.25) is 4.79 Å². The number of aromatic nitrogens is 1. The first kappa shape index (κ1) is 19.6. The van der Waals surface area contributed by atoms with Crippen molar-refractivity contribution in [2.75, 3.05) is 31.1 Å². The Hall–Kier alpha value is -2.66. The molecule has 1 aromatic heterocycles. The molecule has 0 atom stereocenters.